The van der Waals surface area contributed by atoms with E-state index in [1.165, 1.54) is 6.07 Å². The summed E-state index contributed by atoms with van der Waals surface area (Å²) in [7, 11) is 0. The minimum atomic E-state index is -0.856. The first kappa shape index (κ1) is 14.2. The second-order valence-corrected chi connectivity index (χ2v) is 6.07. The van der Waals surface area contributed by atoms with Gasteiger partial charge in [0.2, 0.25) is 0 Å². The third-order valence-electron chi connectivity index (χ3n) is 3.38. The van der Waals surface area contributed by atoms with Gasteiger partial charge in [0.05, 0.1) is 5.54 Å². The maximum absolute atomic E-state index is 14.3. The highest BCUT2D eigenvalue weighted by atomic mass is 79.9. The summed E-state index contributed by atoms with van der Waals surface area (Å²) >= 11 is 3.43. The molecule has 0 saturated heterocycles. The molecule has 0 aliphatic carbocycles. The van der Waals surface area contributed by atoms with Crippen LogP contribution in [-0.4, -0.2) is 0 Å². The van der Waals surface area contributed by atoms with Crippen molar-refractivity contribution < 1.29 is 4.39 Å². The Balaban J connectivity index is 2.63. The Kier molecular flexibility index (Phi) is 3.79. The summed E-state index contributed by atoms with van der Waals surface area (Å²) in [6.45, 7) is 5.62. The van der Waals surface area contributed by atoms with Crippen molar-refractivity contribution in [1.82, 2.24) is 0 Å². The molecule has 2 N–H and O–H groups in total. The van der Waals surface area contributed by atoms with Crippen molar-refractivity contribution >= 4 is 15.9 Å². The Hall–Kier alpha value is -1.19. The average Bonchev–Trinajstić information content (AvgIpc) is 2.26. The molecule has 3 heteroatoms. The molecule has 1 unspecified atom stereocenters. The first-order valence-electron chi connectivity index (χ1n) is 6.14. The van der Waals surface area contributed by atoms with Gasteiger partial charge < -0.3 is 5.73 Å². The molecule has 1 atom stereocenters. The summed E-state index contributed by atoms with van der Waals surface area (Å²) in [5.74, 6) is -0.248. The number of aryl methyl sites for hydroxylation is 2. The Labute approximate surface area is 121 Å². The summed E-state index contributed by atoms with van der Waals surface area (Å²) in [6.07, 6.45) is 0. The van der Waals surface area contributed by atoms with E-state index >= 15 is 0 Å². The number of benzene rings is 2. The van der Waals surface area contributed by atoms with Gasteiger partial charge in [-0.15, -0.1) is 0 Å². The van der Waals surface area contributed by atoms with Crippen LogP contribution in [0.25, 0.3) is 0 Å². The van der Waals surface area contributed by atoms with Crippen LogP contribution in [0.4, 0.5) is 4.39 Å². The molecule has 0 amide bonds. The number of rotatable bonds is 2. The molecular formula is C16H17BrFN. The van der Waals surface area contributed by atoms with Crippen LogP contribution < -0.4 is 5.73 Å². The molecule has 19 heavy (non-hydrogen) atoms. The first-order valence-corrected chi connectivity index (χ1v) is 6.94. The van der Waals surface area contributed by atoms with Gasteiger partial charge in [0.15, 0.2) is 0 Å². The predicted molar refractivity (Wildman–Crippen MR) is 80.7 cm³/mol. The van der Waals surface area contributed by atoms with E-state index in [9.17, 15) is 4.39 Å². The van der Waals surface area contributed by atoms with Gasteiger partial charge in [-0.25, -0.2) is 4.39 Å². The summed E-state index contributed by atoms with van der Waals surface area (Å²) in [6, 6.07) is 11.2. The van der Waals surface area contributed by atoms with Crippen molar-refractivity contribution in [3.05, 3.63) is 68.9 Å². The average molecular weight is 322 g/mol. The second kappa shape index (κ2) is 5.06. The molecule has 100 valence electrons. The third-order valence-corrected chi connectivity index (χ3v) is 3.87. The molecule has 0 spiro atoms. The van der Waals surface area contributed by atoms with Crippen molar-refractivity contribution in [2.45, 2.75) is 26.3 Å². The van der Waals surface area contributed by atoms with Crippen LogP contribution >= 0.6 is 15.9 Å². The molecule has 0 heterocycles. The largest absolute Gasteiger partial charge is 0.318 e. The highest BCUT2D eigenvalue weighted by Crippen LogP contribution is 2.32. The molecule has 0 aliphatic heterocycles. The Morgan fingerprint density at radius 3 is 2.42 bits per heavy atom. The zero-order chi connectivity index (χ0) is 14.2. The van der Waals surface area contributed by atoms with Gasteiger partial charge in [0.25, 0.3) is 0 Å². The van der Waals surface area contributed by atoms with E-state index in [2.05, 4.69) is 15.9 Å². The van der Waals surface area contributed by atoms with E-state index in [1.54, 1.807) is 0 Å². The van der Waals surface area contributed by atoms with Crippen molar-refractivity contribution in [1.29, 1.82) is 0 Å². The van der Waals surface area contributed by atoms with E-state index in [0.717, 1.165) is 21.2 Å². The van der Waals surface area contributed by atoms with Crippen LogP contribution in [0, 0.1) is 19.7 Å². The summed E-state index contributed by atoms with van der Waals surface area (Å²) in [5, 5.41) is 0. The van der Waals surface area contributed by atoms with Gasteiger partial charge in [-0.1, -0.05) is 34.1 Å². The molecule has 2 rings (SSSR count). The van der Waals surface area contributed by atoms with Gasteiger partial charge in [0.1, 0.15) is 5.82 Å². The lowest BCUT2D eigenvalue weighted by Crippen LogP contribution is -2.36. The predicted octanol–water partition coefficient (Wildman–Crippen LogP) is 4.43. The fourth-order valence-corrected chi connectivity index (χ4v) is 2.93. The lowest BCUT2D eigenvalue weighted by molar-refractivity contribution is 0.526. The van der Waals surface area contributed by atoms with Gasteiger partial charge in [0, 0.05) is 10.0 Å². The number of halogens is 2. The number of hydrogen-bond acceptors (Lipinski definition) is 1. The molecule has 0 saturated carbocycles. The summed E-state index contributed by atoms with van der Waals surface area (Å²) in [5.41, 5.74) is 8.78. The minimum absolute atomic E-state index is 0.248. The fourth-order valence-electron chi connectivity index (χ4n) is 2.53. The van der Waals surface area contributed by atoms with Gasteiger partial charge in [-0.2, -0.15) is 0 Å². The van der Waals surface area contributed by atoms with E-state index in [0.29, 0.717) is 5.56 Å². The zero-order valence-corrected chi connectivity index (χ0v) is 12.9. The quantitative estimate of drug-likeness (QED) is 0.870. The van der Waals surface area contributed by atoms with Crippen LogP contribution in [-0.2, 0) is 5.54 Å². The summed E-state index contributed by atoms with van der Waals surface area (Å²) in [4.78, 5) is 0. The normalized spacial score (nSPS) is 14.2. The van der Waals surface area contributed by atoms with Crippen molar-refractivity contribution in [3.63, 3.8) is 0 Å². The highest BCUT2D eigenvalue weighted by molar-refractivity contribution is 9.10. The second-order valence-electron chi connectivity index (χ2n) is 5.15. The van der Waals surface area contributed by atoms with Gasteiger partial charge >= 0.3 is 0 Å². The maximum atomic E-state index is 14.3. The van der Waals surface area contributed by atoms with Crippen LogP contribution in [0.2, 0.25) is 0 Å². The Bertz CT molecular complexity index is 597. The molecule has 1 nitrogen and oxygen atoms in total. The minimum Gasteiger partial charge on any atom is -0.318 e. The van der Waals surface area contributed by atoms with Crippen LogP contribution in [0.15, 0.2) is 40.9 Å². The summed E-state index contributed by atoms with van der Waals surface area (Å²) < 4.78 is 15.2. The topological polar surface area (TPSA) is 26.0 Å². The molecule has 0 bridgehead atoms. The van der Waals surface area contributed by atoms with Crippen LogP contribution in [0.3, 0.4) is 0 Å². The van der Waals surface area contributed by atoms with Crippen molar-refractivity contribution in [3.8, 4) is 0 Å². The van der Waals surface area contributed by atoms with Crippen molar-refractivity contribution in [2.75, 3.05) is 0 Å². The fraction of sp³-hybridized carbons (Fsp3) is 0.250. The Morgan fingerprint density at radius 2 is 1.84 bits per heavy atom. The number of hydrogen-bond donors (Lipinski definition) is 1. The molecule has 2 aromatic rings. The van der Waals surface area contributed by atoms with E-state index < -0.39 is 5.54 Å². The molecule has 2 aromatic carbocycles. The van der Waals surface area contributed by atoms with E-state index in [1.807, 2.05) is 51.1 Å². The highest BCUT2D eigenvalue weighted by Gasteiger charge is 2.29. The molecule has 0 aliphatic rings. The van der Waals surface area contributed by atoms with E-state index in [4.69, 9.17) is 5.73 Å². The molecular weight excluding hydrogens is 305 g/mol. The Morgan fingerprint density at radius 1 is 1.16 bits per heavy atom. The standard InChI is InChI=1S/C16H17BrFN/c1-10-7-11(2)15(14(18)8-10)16(3,19)12-5-4-6-13(17)9-12/h4-9H,19H2,1-3H3. The van der Waals surface area contributed by atoms with Gasteiger partial charge in [-0.3, -0.25) is 0 Å². The monoisotopic (exact) mass is 321 g/mol. The number of nitrogens with two attached hydrogens (primary N) is 1. The maximum Gasteiger partial charge on any atom is 0.129 e. The van der Waals surface area contributed by atoms with Crippen LogP contribution in [0.5, 0.6) is 0 Å². The lowest BCUT2D eigenvalue weighted by Gasteiger charge is -2.28. The van der Waals surface area contributed by atoms with E-state index in [-0.39, 0.29) is 5.82 Å². The molecule has 0 radical (unpaired) electrons. The van der Waals surface area contributed by atoms with Crippen molar-refractivity contribution in [2.24, 2.45) is 5.73 Å². The zero-order valence-electron chi connectivity index (χ0n) is 11.3. The third kappa shape index (κ3) is 2.72. The van der Waals surface area contributed by atoms with Gasteiger partial charge in [-0.05, 0) is 55.7 Å². The smallest absolute Gasteiger partial charge is 0.129 e. The molecule has 0 fully saturated rings. The molecule has 0 aromatic heterocycles. The SMILES string of the molecule is Cc1cc(C)c(C(C)(N)c2cccc(Br)c2)c(F)c1. The lowest BCUT2D eigenvalue weighted by atomic mass is 9.82. The first-order chi connectivity index (χ1) is 8.82. The van der Waals surface area contributed by atoms with Crippen LogP contribution in [0.1, 0.15) is 29.2 Å².